The van der Waals surface area contributed by atoms with E-state index in [4.69, 9.17) is 4.74 Å². The van der Waals surface area contributed by atoms with Gasteiger partial charge in [-0.05, 0) is 31.4 Å². The lowest BCUT2D eigenvalue weighted by Gasteiger charge is -2.23. The minimum Gasteiger partial charge on any atom is -0.475 e. The molecule has 4 heteroatoms. The van der Waals surface area contributed by atoms with Crippen LogP contribution in [0.15, 0.2) is 48.7 Å². The van der Waals surface area contributed by atoms with Crippen LogP contribution < -0.4 is 10.1 Å². The molecule has 0 bridgehead atoms. The molecule has 4 nitrogen and oxygen atoms in total. The number of carbonyl (C=O) groups excluding carboxylic acids is 1. The van der Waals surface area contributed by atoms with E-state index in [1.165, 1.54) is 0 Å². The fraction of sp³-hybridized carbons (Fsp3) is 0.429. The Balaban J connectivity index is 2.12. The van der Waals surface area contributed by atoms with Gasteiger partial charge in [-0.15, -0.1) is 0 Å². The molecule has 2 unspecified atom stereocenters. The molecule has 1 amide bonds. The molecule has 0 saturated heterocycles. The summed E-state index contributed by atoms with van der Waals surface area (Å²) in [5.74, 6) is 0.734. The summed E-state index contributed by atoms with van der Waals surface area (Å²) in [6, 6.07) is 13.8. The molecular formula is C21H28N2O2. The molecule has 2 atom stereocenters. The van der Waals surface area contributed by atoms with E-state index in [-0.39, 0.29) is 23.8 Å². The minimum absolute atomic E-state index is 0.0416. The number of hydrogen-bond acceptors (Lipinski definition) is 3. The number of carbonyl (C=O) groups is 1. The lowest BCUT2D eigenvalue weighted by Crippen LogP contribution is -2.32. The van der Waals surface area contributed by atoms with Crippen LogP contribution in [0.5, 0.6) is 5.88 Å². The Morgan fingerprint density at radius 3 is 2.48 bits per heavy atom. The minimum atomic E-state index is -0.155. The van der Waals surface area contributed by atoms with Crippen LogP contribution in [0.25, 0.3) is 0 Å². The average Bonchev–Trinajstić information content (AvgIpc) is 2.61. The third-order valence-corrected chi connectivity index (χ3v) is 4.30. The molecule has 0 aliphatic heterocycles. The zero-order chi connectivity index (χ0) is 18.2. The summed E-state index contributed by atoms with van der Waals surface area (Å²) in [4.78, 5) is 17.2. The van der Waals surface area contributed by atoms with Crippen LogP contribution in [0.2, 0.25) is 0 Å². The summed E-state index contributed by atoms with van der Waals surface area (Å²) >= 11 is 0. The topological polar surface area (TPSA) is 51.2 Å². The molecule has 1 aromatic carbocycles. The van der Waals surface area contributed by atoms with Gasteiger partial charge in [-0.2, -0.15) is 0 Å². The Hall–Kier alpha value is -2.36. The van der Waals surface area contributed by atoms with Crippen molar-refractivity contribution in [1.82, 2.24) is 10.3 Å². The van der Waals surface area contributed by atoms with E-state index < -0.39 is 0 Å². The van der Waals surface area contributed by atoms with Gasteiger partial charge >= 0.3 is 0 Å². The second-order valence-corrected chi connectivity index (χ2v) is 6.63. The summed E-state index contributed by atoms with van der Waals surface area (Å²) < 4.78 is 5.73. The molecule has 25 heavy (non-hydrogen) atoms. The van der Waals surface area contributed by atoms with Crippen molar-refractivity contribution in [3.8, 4) is 5.88 Å². The van der Waals surface area contributed by atoms with E-state index >= 15 is 0 Å². The third kappa shape index (κ3) is 5.31. The first-order valence-electron chi connectivity index (χ1n) is 8.96. The Kier molecular flexibility index (Phi) is 6.99. The first-order valence-corrected chi connectivity index (χ1v) is 8.96. The number of nitrogens with zero attached hydrogens (tertiary/aromatic N) is 1. The van der Waals surface area contributed by atoms with Crippen molar-refractivity contribution >= 4 is 5.91 Å². The molecule has 0 radical (unpaired) electrons. The molecule has 1 aromatic heterocycles. The molecule has 0 aliphatic carbocycles. The molecule has 1 heterocycles. The highest BCUT2D eigenvalue weighted by Crippen LogP contribution is 2.27. The molecule has 2 rings (SSSR count). The Labute approximate surface area is 150 Å². The molecule has 2 aromatic rings. The van der Waals surface area contributed by atoms with E-state index in [1.54, 1.807) is 6.20 Å². The maximum atomic E-state index is 12.9. The fourth-order valence-corrected chi connectivity index (χ4v) is 2.81. The monoisotopic (exact) mass is 340 g/mol. The van der Waals surface area contributed by atoms with Crippen molar-refractivity contribution in [2.24, 2.45) is 5.92 Å². The fourth-order valence-electron chi connectivity index (χ4n) is 2.81. The number of aromatic nitrogens is 1. The van der Waals surface area contributed by atoms with Crippen molar-refractivity contribution in [3.05, 3.63) is 59.8 Å². The van der Waals surface area contributed by atoms with Crippen molar-refractivity contribution in [2.75, 3.05) is 0 Å². The van der Waals surface area contributed by atoms with Gasteiger partial charge in [0, 0.05) is 18.3 Å². The first-order chi connectivity index (χ1) is 12.0. The predicted octanol–water partition coefficient (Wildman–Crippen LogP) is 4.31. The summed E-state index contributed by atoms with van der Waals surface area (Å²) in [5.41, 5.74) is 1.94. The predicted molar refractivity (Wildman–Crippen MR) is 100 cm³/mol. The second-order valence-electron chi connectivity index (χ2n) is 6.63. The van der Waals surface area contributed by atoms with Gasteiger partial charge in [0.15, 0.2) is 0 Å². The van der Waals surface area contributed by atoms with Gasteiger partial charge in [0.25, 0.3) is 0 Å². The number of amides is 1. The van der Waals surface area contributed by atoms with Crippen molar-refractivity contribution < 1.29 is 9.53 Å². The van der Waals surface area contributed by atoms with Crippen LogP contribution in [0, 0.1) is 5.92 Å². The van der Waals surface area contributed by atoms with Crippen LogP contribution >= 0.6 is 0 Å². The zero-order valence-corrected chi connectivity index (χ0v) is 15.5. The van der Waals surface area contributed by atoms with Gasteiger partial charge in [0.05, 0.1) is 12.0 Å². The maximum absolute atomic E-state index is 12.9. The molecule has 0 aliphatic rings. The number of ether oxygens (including phenoxy) is 1. The zero-order valence-electron chi connectivity index (χ0n) is 15.5. The molecule has 0 saturated carbocycles. The normalized spacial score (nSPS) is 13.3. The quantitative estimate of drug-likeness (QED) is 0.779. The van der Waals surface area contributed by atoms with E-state index in [0.29, 0.717) is 12.4 Å². The first kappa shape index (κ1) is 19.0. The number of benzene rings is 1. The van der Waals surface area contributed by atoms with Crippen LogP contribution in [0.1, 0.15) is 51.2 Å². The number of hydrogen-bond donors (Lipinski definition) is 1. The van der Waals surface area contributed by atoms with E-state index in [1.807, 2.05) is 56.3 Å². The molecular weight excluding hydrogens is 312 g/mol. The summed E-state index contributed by atoms with van der Waals surface area (Å²) in [7, 11) is 0. The lowest BCUT2D eigenvalue weighted by atomic mass is 9.85. The maximum Gasteiger partial charge on any atom is 0.228 e. The number of rotatable bonds is 8. The van der Waals surface area contributed by atoms with Gasteiger partial charge in [-0.25, -0.2) is 4.98 Å². The Morgan fingerprint density at radius 1 is 1.12 bits per heavy atom. The second kappa shape index (κ2) is 9.21. The van der Waals surface area contributed by atoms with E-state index in [9.17, 15) is 4.79 Å². The molecule has 0 fully saturated rings. The molecule has 1 N–H and O–H groups in total. The number of pyridine rings is 1. The van der Waals surface area contributed by atoms with E-state index in [2.05, 4.69) is 24.1 Å². The number of nitrogens with one attached hydrogen (secondary N) is 1. The Bertz CT molecular complexity index is 671. The van der Waals surface area contributed by atoms with Gasteiger partial charge in [0.2, 0.25) is 11.8 Å². The highest BCUT2D eigenvalue weighted by molar-refractivity contribution is 5.84. The lowest BCUT2D eigenvalue weighted by molar-refractivity contribution is -0.123. The highest BCUT2D eigenvalue weighted by Gasteiger charge is 2.25. The Morgan fingerprint density at radius 2 is 1.84 bits per heavy atom. The van der Waals surface area contributed by atoms with Crippen LogP contribution in [-0.4, -0.2) is 17.0 Å². The summed E-state index contributed by atoms with van der Waals surface area (Å²) in [6.07, 6.45) is 2.69. The molecule has 134 valence electrons. The van der Waals surface area contributed by atoms with Gasteiger partial charge in [0.1, 0.15) is 0 Å². The SMILES string of the molecule is CCC(C)C(C(=O)NCc1cccnc1OC(C)C)c1ccccc1. The standard InChI is InChI=1S/C21H28N2O2/c1-5-16(4)19(17-10-7-6-8-11-17)20(24)23-14-18-12-9-13-22-21(18)25-15(2)3/h6-13,15-16,19H,5,14H2,1-4H3,(H,23,24). The average molecular weight is 340 g/mol. The van der Waals surface area contributed by atoms with Crippen LogP contribution in [0.3, 0.4) is 0 Å². The van der Waals surface area contributed by atoms with Crippen LogP contribution in [0.4, 0.5) is 0 Å². The smallest absolute Gasteiger partial charge is 0.228 e. The van der Waals surface area contributed by atoms with E-state index in [0.717, 1.165) is 17.5 Å². The summed E-state index contributed by atoms with van der Waals surface area (Å²) in [6.45, 7) is 8.57. The van der Waals surface area contributed by atoms with Crippen molar-refractivity contribution in [3.63, 3.8) is 0 Å². The van der Waals surface area contributed by atoms with Crippen molar-refractivity contribution in [2.45, 2.75) is 52.7 Å². The molecule has 0 spiro atoms. The summed E-state index contributed by atoms with van der Waals surface area (Å²) in [5, 5.41) is 3.07. The largest absolute Gasteiger partial charge is 0.475 e. The van der Waals surface area contributed by atoms with Gasteiger partial charge < -0.3 is 10.1 Å². The highest BCUT2D eigenvalue weighted by atomic mass is 16.5. The third-order valence-electron chi connectivity index (χ3n) is 4.30. The van der Waals surface area contributed by atoms with Gasteiger partial charge in [-0.3, -0.25) is 4.79 Å². The van der Waals surface area contributed by atoms with Crippen LogP contribution in [-0.2, 0) is 11.3 Å². The van der Waals surface area contributed by atoms with Gasteiger partial charge in [-0.1, -0.05) is 56.7 Å². The van der Waals surface area contributed by atoms with Crippen molar-refractivity contribution in [1.29, 1.82) is 0 Å².